The van der Waals surface area contributed by atoms with Crippen molar-refractivity contribution >= 4 is 15.7 Å². The van der Waals surface area contributed by atoms with E-state index in [2.05, 4.69) is 15.3 Å². The van der Waals surface area contributed by atoms with Crippen molar-refractivity contribution in [1.82, 2.24) is 14.3 Å². The minimum absolute atomic E-state index is 0.0448. The van der Waals surface area contributed by atoms with Crippen molar-refractivity contribution in [3.05, 3.63) is 48.4 Å². The van der Waals surface area contributed by atoms with Gasteiger partial charge in [-0.15, -0.1) is 0 Å². The third-order valence-corrected chi connectivity index (χ3v) is 4.97. The summed E-state index contributed by atoms with van der Waals surface area (Å²) < 4.78 is 26.9. The van der Waals surface area contributed by atoms with Gasteiger partial charge in [-0.25, -0.2) is 13.4 Å². The number of sulfonamides is 1. The Labute approximate surface area is 124 Å². The lowest BCUT2D eigenvalue weighted by Crippen LogP contribution is -2.31. The van der Waals surface area contributed by atoms with Crippen molar-refractivity contribution < 1.29 is 8.42 Å². The van der Waals surface area contributed by atoms with Crippen LogP contribution in [0.4, 0.5) is 5.69 Å². The van der Waals surface area contributed by atoms with E-state index in [4.69, 9.17) is 0 Å². The van der Waals surface area contributed by atoms with E-state index < -0.39 is 10.0 Å². The SMILES string of the molecule is CCN(Cc1ccncc1)S(=O)(=O)c1ncccc1NC. The van der Waals surface area contributed by atoms with E-state index in [-0.39, 0.29) is 5.03 Å². The maximum Gasteiger partial charge on any atom is 0.262 e. The molecule has 7 heteroatoms. The first-order chi connectivity index (χ1) is 10.1. The molecule has 2 aromatic rings. The lowest BCUT2D eigenvalue weighted by molar-refractivity contribution is 0.421. The molecule has 0 aromatic carbocycles. The maximum absolute atomic E-state index is 12.8. The Hall–Kier alpha value is -1.99. The van der Waals surface area contributed by atoms with Crippen molar-refractivity contribution in [2.24, 2.45) is 0 Å². The number of pyridine rings is 2. The van der Waals surface area contributed by atoms with Gasteiger partial charge in [-0.05, 0) is 29.8 Å². The van der Waals surface area contributed by atoms with Crippen LogP contribution in [-0.2, 0) is 16.6 Å². The van der Waals surface area contributed by atoms with Crippen molar-refractivity contribution in [2.45, 2.75) is 18.5 Å². The average Bonchev–Trinajstić information content (AvgIpc) is 2.53. The fourth-order valence-corrected chi connectivity index (χ4v) is 3.51. The fourth-order valence-electron chi connectivity index (χ4n) is 1.97. The molecular weight excluding hydrogens is 288 g/mol. The van der Waals surface area contributed by atoms with Gasteiger partial charge in [0.2, 0.25) is 0 Å². The molecule has 0 saturated carbocycles. The molecule has 0 atom stereocenters. The van der Waals surface area contributed by atoms with Gasteiger partial charge in [0, 0.05) is 38.7 Å². The van der Waals surface area contributed by atoms with Gasteiger partial charge in [0.1, 0.15) is 0 Å². The van der Waals surface area contributed by atoms with Crippen LogP contribution in [0, 0.1) is 0 Å². The number of hydrogen-bond donors (Lipinski definition) is 1. The molecule has 0 amide bonds. The molecule has 6 nitrogen and oxygen atoms in total. The second-order valence-corrected chi connectivity index (χ2v) is 6.25. The van der Waals surface area contributed by atoms with E-state index in [1.807, 2.05) is 0 Å². The van der Waals surface area contributed by atoms with Crippen LogP contribution in [0.2, 0.25) is 0 Å². The van der Waals surface area contributed by atoms with Gasteiger partial charge in [0.25, 0.3) is 10.0 Å². The molecule has 2 aromatic heterocycles. The Morgan fingerprint density at radius 2 is 1.90 bits per heavy atom. The third-order valence-electron chi connectivity index (χ3n) is 3.09. The lowest BCUT2D eigenvalue weighted by atomic mass is 10.3. The van der Waals surface area contributed by atoms with E-state index in [9.17, 15) is 8.42 Å². The molecule has 0 aliphatic carbocycles. The first-order valence-electron chi connectivity index (χ1n) is 6.61. The Morgan fingerprint density at radius 3 is 2.52 bits per heavy atom. The highest BCUT2D eigenvalue weighted by Crippen LogP contribution is 2.22. The Morgan fingerprint density at radius 1 is 1.19 bits per heavy atom. The molecule has 0 fully saturated rings. The van der Waals surface area contributed by atoms with E-state index in [1.165, 1.54) is 10.5 Å². The molecule has 112 valence electrons. The van der Waals surface area contributed by atoms with Crippen molar-refractivity contribution in [2.75, 3.05) is 18.9 Å². The van der Waals surface area contributed by atoms with Gasteiger partial charge in [-0.1, -0.05) is 6.92 Å². The van der Waals surface area contributed by atoms with Gasteiger partial charge in [-0.3, -0.25) is 4.98 Å². The minimum Gasteiger partial charge on any atom is -0.386 e. The number of nitrogens with zero attached hydrogens (tertiary/aromatic N) is 3. The summed E-state index contributed by atoms with van der Waals surface area (Å²) in [5, 5.41) is 2.91. The van der Waals surface area contributed by atoms with Crippen LogP contribution >= 0.6 is 0 Å². The van der Waals surface area contributed by atoms with Gasteiger partial charge in [0.05, 0.1) is 5.69 Å². The zero-order valence-corrected chi connectivity index (χ0v) is 12.8. The van der Waals surface area contributed by atoms with Crippen LogP contribution in [0.5, 0.6) is 0 Å². The molecule has 0 spiro atoms. The number of anilines is 1. The second-order valence-electron chi connectivity index (χ2n) is 4.39. The predicted octanol–water partition coefficient (Wildman–Crippen LogP) is 1.73. The summed E-state index contributed by atoms with van der Waals surface area (Å²) in [6.07, 6.45) is 4.78. The molecule has 2 rings (SSSR count). The van der Waals surface area contributed by atoms with Gasteiger partial charge >= 0.3 is 0 Å². The summed E-state index contributed by atoms with van der Waals surface area (Å²) in [4.78, 5) is 7.96. The van der Waals surface area contributed by atoms with E-state index in [0.29, 0.717) is 18.8 Å². The second kappa shape index (κ2) is 6.64. The molecule has 0 unspecified atom stereocenters. The standard InChI is InChI=1S/C14H18N4O2S/c1-3-18(11-12-6-9-16-10-7-12)21(19,20)14-13(15-2)5-4-8-17-14/h4-10,15H,3,11H2,1-2H3. The molecule has 0 bridgehead atoms. The zero-order valence-electron chi connectivity index (χ0n) is 12.0. The summed E-state index contributed by atoms with van der Waals surface area (Å²) >= 11 is 0. The highest BCUT2D eigenvalue weighted by atomic mass is 32.2. The van der Waals surface area contributed by atoms with Gasteiger partial charge in [0.15, 0.2) is 5.03 Å². The van der Waals surface area contributed by atoms with E-state index in [0.717, 1.165) is 5.56 Å². The average molecular weight is 306 g/mol. The first kappa shape index (κ1) is 15.4. The van der Waals surface area contributed by atoms with Crippen molar-refractivity contribution in [3.8, 4) is 0 Å². The normalized spacial score (nSPS) is 11.6. The van der Waals surface area contributed by atoms with Crippen molar-refractivity contribution in [3.63, 3.8) is 0 Å². The molecule has 0 radical (unpaired) electrons. The third kappa shape index (κ3) is 3.37. The molecule has 1 N–H and O–H groups in total. The molecule has 0 aliphatic rings. The summed E-state index contributed by atoms with van der Waals surface area (Å²) in [6, 6.07) is 7.00. The minimum atomic E-state index is -3.65. The maximum atomic E-state index is 12.8. The van der Waals surface area contributed by atoms with Crippen LogP contribution < -0.4 is 5.32 Å². The molecule has 0 aliphatic heterocycles. The monoisotopic (exact) mass is 306 g/mol. The molecular formula is C14H18N4O2S. The van der Waals surface area contributed by atoms with Crippen LogP contribution in [-0.4, -0.2) is 36.3 Å². The topological polar surface area (TPSA) is 75.2 Å². The van der Waals surface area contributed by atoms with Crippen LogP contribution in [0.1, 0.15) is 12.5 Å². The fraction of sp³-hybridized carbons (Fsp3) is 0.286. The van der Waals surface area contributed by atoms with Crippen molar-refractivity contribution in [1.29, 1.82) is 0 Å². The molecule has 21 heavy (non-hydrogen) atoms. The van der Waals surface area contributed by atoms with E-state index >= 15 is 0 Å². The van der Waals surface area contributed by atoms with Crippen LogP contribution in [0.15, 0.2) is 47.9 Å². The lowest BCUT2D eigenvalue weighted by Gasteiger charge is -2.21. The summed E-state index contributed by atoms with van der Waals surface area (Å²) in [7, 11) is -1.98. The highest BCUT2D eigenvalue weighted by Gasteiger charge is 2.27. The quantitative estimate of drug-likeness (QED) is 0.879. The Kier molecular flexibility index (Phi) is 4.87. The predicted molar refractivity (Wildman–Crippen MR) is 81.3 cm³/mol. The van der Waals surface area contributed by atoms with Gasteiger partial charge in [-0.2, -0.15) is 4.31 Å². The largest absolute Gasteiger partial charge is 0.386 e. The number of nitrogens with one attached hydrogen (secondary N) is 1. The highest BCUT2D eigenvalue weighted by molar-refractivity contribution is 7.89. The smallest absolute Gasteiger partial charge is 0.262 e. The summed E-state index contributed by atoms with van der Waals surface area (Å²) in [6.45, 7) is 2.46. The van der Waals surface area contributed by atoms with Crippen LogP contribution in [0.3, 0.4) is 0 Å². The first-order valence-corrected chi connectivity index (χ1v) is 8.05. The number of aromatic nitrogens is 2. The summed E-state index contributed by atoms with van der Waals surface area (Å²) in [5.74, 6) is 0. The Bertz CT molecular complexity index is 689. The van der Waals surface area contributed by atoms with Gasteiger partial charge < -0.3 is 5.32 Å². The molecule has 0 saturated heterocycles. The zero-order chi connectivity index (χ0) is 15.3. The number of hydrogen-bond acceptors (Lipinski definition) is 5. The Balaban J connectivity index is 2.36. The van der Waals surface area contributed by atoms with Crippen LogP contribution in [0.25, 0.3) is 0 Å². The number of rotatable bonds is 6. The van der Waals surface area contributed by atoms with E-state index in [1.54, 1.807) is 50.6 Å². The molecule has 2 heterocycles. The summed E-state index contributed by atoms with van der Waals surface area (Å²) in [5.41, 5.74) is 1.38.